The molecular weight excluding hydrogens is 640 g/mol. The smallest absolute Gasteiger partial charge is 0.407 e. The number of carbonyl (C=O) groups excluding carboxylic acids is 4. The van der Waals surface area contributed by atoms with Gasteiger partial charge in [-0.2, -0.15) is 0 Å². The molecule has 2 rings (SSSR count). The summed E-state index contributed by atoms with van der Waals surface area (Å²) in [4.78, 5) is 54.1. The molecule has 0 fully saturated rings. The fourth-order valence-electron chi connectivity index (χ4n) is 5.62. The predicted octanol–water partition coefficient (Wildman–Crippen LogP) is 3.90. The summed E-state index contributed by atoms with van der Waals surface area (Å²) >= 11 is 0. The summed E-state index contributed by atoms with van der Waals surface area (Å²) in [6, 6.07) is 10.1. The van der Waals surface area contributed by atoms with Crippen LogP contribution >= 0.6 is 0 Å². The molecule has 2 aromatic rings. The molecule has 0 aliphatic rings. The van der Waals surface area contributed by atoms with Crippen molar-refractivity contribution in [2.24, 2.45) is 23.5 Å². The highest BCUT2D eigenvalue weighted by molar-refractivity contribution is 5.95. The monoisotopic (exact) mass is 700 g/mol. The molecule has 50 heavy (non-hydrogen) atoms. The zero-order chi connectivity index (χ0) is 37.1. The lowest BCUT2D eigenvalue weighted by molar-refractivity contribution is -0.136. The van der Waals surface area contributed by atoms with Crippen LogP contribution in [-0.4, -0.2) is 93.1 Å². The summed E-state index contributed by atoms with van der Waals surface area (Å²) in [7, 11) is 1.56. The number of nitrogens with one attached hydrogen (secondary N) is 3. The minimum atomic E-state index is -1.46. The van der Waals surface area contributed by atoms with Crippen molar-refractivity contribution in [3.8, 4) is 0 Å². The van der Waals surface area contributed by atoms with Crippen molar-refractivity contribution < 1.29 is 38.5 Å². The summed E-state index contributed by atoms with van der Waals surface area (Å²) in [5, 5.41) is 21.6. The molecule has 12 nitrogen and oxygen atoms in total. The number of rotatable bonds is 24. The van der Waals surface area contributed by atoms with Crippen LogP contribution in [0.25, 0.3) is 10.8 Å². The van der Waals surface area contributed by atoms with E-state index in [1.807, 2.05) is 77.1 Å². The van der Waals surface area contributed by atoms with E-state index in [0.29, 0.717) is 32.6 Å². The standard InChI is InChI=1S/C38H60N4O8/c1-7-9-17-31(34(43)30(22-25(3)4)35(44)33(39)37(46)40-24-26(5)8-2)41-36(45)32(42-38(47)50-21-20-49-19-18-48-6)23-28-15-12-14-27-13-10-11-16-29(27)28/h10-16,25-26,30-33,35,44H,7-9,17-24,39H2,1-6H3,(H,40,46)(H,41,45)(H,42,47)/t26?,30-,31+,32+,33?,35+/m1/s1. The maximum Gasteiger partial charge on any atom is 0.407 e. The Balaban J connectivity index is 2.33. The van der Waals surface area contributed by atoms with Gasteiger partial charge >= 0.3 is 6.09 Å². The Kier molecular flexibility index (Phi) is 19.6. The summed E-state index contributed by atoms with van der Waals surface area (Å²) < 4.78 is 15.6. The topological polar surface area (TPSA) is 178 Å². The Morgan fingerprint density at radius 3 is 2.26 bits per heavy atom. The predicted molar refractivity (Wildman–Crippen MR) is 194 cm³/mol. The zero-order valence-corrected chi connectivity index (χ0v) is 30.7. The SMILES string of the molecule is CCCC[C@H](NC(=O)[C@H](Cc1cccc2ccccc12)NC(=O)OCCOCCOC)C(=O)[C@@H](CC(C)C)[C@H](O)C(N)C(=O)NCC(C)CC. The second kappa shape index (κ2) is 23.0. The molecule has 3 amide bonds. The first-order chi connectivity index (χ1) is 23.9. The number of hydrogen-bond acceptors (Lipinski definition) is 9. The van der Waals surface area contributed by atoms with Crippen molar-refractivity contribution in [2.45, 2.75) is 97.4 Å². The van der Waals surface area contributed by atoms with Crippen LogP contribution in [0.5, 0.6) is 0 Å². The number of hydrogen-bond donors (Lipinski definition) is 5. The highest BCUT2D eigenvalue weighted by Crippen LogP contribution is 2.23. The molecule has 280 valence electrons. The molecule has 0 saturated heterocycles. The Labute approximate surface area is 297 Å². The highest BCUT2D eigenvalue weighted by atomic mass is 16.6. The molecule has 0 bridgehead atoms. The molecule has 0 spiro atoms. The van der Waals surface area contributed by atoms with Gasteiger partial charge in [0.1, 0.15) is 18.7 Å². The average Bonchev–Trinajstić information content (AvgIpc) is 3.11. The van der Waals surface area contributed by atoms with Crippen LogP contribution in [0.4, 0.5) is 4.79 Å². The number of aliphatic hydroxyl groups excluding tert-OH is 1. The maximum absolute atomic E-state index is 14.2. The van der Waals surface area contributed by atoms with Crippen LogP contribution in [0.3, 0.4) is 0 Å². The molecule has 2 aromatic carbocycles. The van der Waals surface area contributed by atoms with Gasteiger partial charge in [-0.3, -0.25) is 14.4 Å². The molecule has 6 atom stereocenters. The number of fused-ring (bicyclic) bond motifs is 1. The van der Waals surface area contributed by atoms with Crippen molar-refractivity contribution in [2.75, 3.05) is 40.1 Å². The Morgan fingerprint density at radius 2 is 1.58 bits per heavy atom. The van der Waals surface area contributed by atoms with E-state index in [1.165, 1.54) is 0 Å². The summed E-state index contributed by atoms with van der Waals surface area (Å²) in [5.41, 5.74) is 7.06. The molecule has 0 aromatic heterocycles. The first kappa shape index (κ1) is 42.6. The van der Waals surface area contributed by atoms with Crippen molar-refractivity contribution in [1.29, 1.82) is 0 Å². The fraction of sp³-hybridized carbons (Fsp3) is 0.632. The number of unbranched alkanes of at least 4 members (excludes halogenated alkanes) is 1. The number of ketones is 1. The van der Waals surface area contributed by atoms with E-state index >= 15 is 0 Å². The number of amides is 3. The third kappa shape index (κ3) is 14.3. The molecule has 2 unspecified atom stereocenters. The number of ether oxygens (including phenoxy) is 3. The Hall–Kier alpha value is -3.58. The molecule has 0 aliphatic carbocycles. The zero-order valence-electron chi connectivity index (χ0n) is 30.7. The van der Waals surface area contributed by atoms with Crippen LogP contribution in [-0.2, 0) is 35.0 Å². The maximum atomic E-state index is 14.2. The van der Waals surface area contributed by atoms with Gasteiger partial charge in [0.25, 0.3) is 0 Å². The summed E-state index contributed by atoms with van der Waals surface area (Å²) in [6.07, 6.45) is 0.667. The summed E-state index contributed by atoms with van der Waals surface area (Å²) in [5.74, 6) is -2.30. The average molecular weight is 701 g/mol. The van der Waals surface area contributed by atoms with Gasteiger partial charge in [-0.25, -0.2) is 4.79 Å². The van der Waals surface area contributed by atoms with E-state index in [2.05, 4.69) is 16.0 Å². The molecular formula is C38H60N4O8. The lowest BCUT2D eigenvalue weighted by atomic mass is 9.81. The molecule has 0 saturated carbocycles. The number of benzene rings is 2. The Bertz CT molecular complexity index is 1330. The van der Waals surface area contributed by atoms with Gasteiger partial charge in [0.2, 0.25) is 11.8 Å². The Morgan fingerprint density at radius 1 is 0.880 bits per heavy atom. The van der Waals surface area contributed by atoms with E-state index in [1.54, 1.807) is 7.11 Å². The largest absolute Gasteiger partial charge is 0.447 e. The van der Waals surface area contributed by atoms with Gasteiger partial charge in [0.15, 0.2) is 5.78 Å². The lowest BCUT2D eigenvalue weighted by Gasteiger charge is -2.31. The number of Topliss-reactive ketones (excluding diaryl/α,β-unsaturated/α-hetero) is 1. The van der Waals surface area contributed by atoms with Gasteiger partial charge in [-0.05, 0) is 41.0 Å². The van der Waals surface area contributed by atoms with E-state index in [4.69, 9.17) is 19.9 Å². The van der Waals surface area contributed by atoms with Crippen molar-refractivity contribution in [3.63, 3.8) is 0 Å². The minimum absolute atomic E-state index is 0.00877. The first-order valence-electron chi connectivity index (χ1n) is 17.9. The molecule has 0 heterocycles. The number of carbonyl (C=O) groups is 4. The number of nitrogens with two attached hydrogens (primary N) is 1. The van der Waals surface area contributed by atoms with E-state index in [9.17, 15) is 24.3 Å². The molecule has 12 heteroatoms. The first-order valence-corrected chi connectivity index (χ1v) is 17.9. The molecule has 0 radical (unpaired) electrons. The summed E-state index contributed by atoms with van der Waals surface area (Å²) in [6.45, 7) is 11.1. The number of alkyl carbamates (subject to hydrolysis) is 1. The van der Waals surface area contributed by atoms with Crippen molar-refractivity contribution >= 4 is 34.5 Å². The van der Waals surface area contributed by atoms with E-state index in [-0.39, 0.29) is 37.9 Å². The second-order valence-corrected chi connectivity index (χ2v) is 13.4. The number of methoxy groups -OCH3 is 1. The lowest BCUT2D eigenvalue weighted by Crippen LogP contribution is -2.57. The van der Waals surface area contributed by atoms with Crippen LogP contribution in [0, 0.1) is 17.8 Å². The molecule has 6 N–H and O–H groups in total. The minimum Gasteiger partial charge on any atom is -0.447 e. The van der Waals surface area contributed by atoms with E-state index in [0.717, 1.165) is 29.2 Å². The normalized spacial score (nSPS) is 15.1. The highest BCUT2D eigenvalue weighted by Gasteiger charge is 2.39. The third-order valence-electron chi connectivity index (χ3n) is 8.81. The second-order valence-electron chi connectivity index (χ2n) is 13.4. The van der Waals surface area contributed by atoms with Gasteiger partial charge in [0.05, 0.1) is 32.0 Å². The number of aliphatic hydroxyl groups is 1. The van der Waals surface area contributed by atoms with Gasteiger partial charge < -0.3 is 41.0 Å². The quantitative estimate of drug-likeness (QED) is 0.102. The van der Waals surface area contributed by atoms with Crippen LogP contribution in [0.15, 0.2) is 42.5 Å². The van der Waals surface area contributed by atoms with Gasteiger partial charge in [-0.1, -0.05) is 96.3 Å². The van der Waals surface area contributed by atoms with Crippen molar-refractivity contribution in [3.05, 3.63) is 48.0 Å². The van der Waals surface area contributed by atoms with E-state index < -0.39 is 53.8 Å². The van der Waals surface area contributed by atoms with Crippen LogP contribution < -0.4 is 21.7 Å². The third-order valence-corrected chi connectivity index (χ3v) is 8.81. The van der Waals surface area contributed by atoms with Crippen molar-refractivity contribution in [1.82, 2.24) is 16.0 Å². The van der Waals surface area contributed by atoms with Gasteiger partial charge in [-0.15, -0.1) is 0 Å². The van der Waals surface area contributed by atoms with Gasteiger partial charge in [0, 0.05) is 26.0 Å². The van der Waals surface area contributed by atoms with Crippen LogP contribution in [0.2, 0.25) is 0 Å². The van der Waals surface area contributed by atoms with Crippen LogP contribution in [0.1, 0.15) is 72.3 Å². The molecule has 0 aliphatic heterocycles. The fourth-order valence-corrected chi connectivity index (χ4v) is 5.62.